The Balaban J connectivity index is 1.58. The zero-order valence-electron chi connectivity index (χ0n) is 16.3. The van der Waals surface area contributed by atoms with E-state index in [2.05, 4.69) is 10.6 Å². The SMILES string of the molecule is COC(=O)c1ccccc1NC(=O)c1ccc(NC(=O)CSc2ccccc2)cc1. The summed E-state index contributed by atoms with van der Waals surface area (Å²) in [5, 5.41) is 5.52. The fraction of sp³-hybridized carbons (Fsp3) is 0.0870. The zero-order valence-corrected chi connectivity index (χ0v) is 17.1. The lowest BCUT2D eigenvalue weighted by Gasteiger charge is -2.10. The average molecular weight is 420 g/mol. The Kier molecular flexibility index (Phi) is 7.24. The fourth-order valence-corrected chi connectivity index (χ4v) is 3.36. The summed E-state index contributed by atoms with van der Waals surface area (Å²) in [6, 6.07) is 22.8. The number of carbonyl (C=O) groups is 3. The van der Waals surface area contributed by atoms with Crippen molar-refractivity contribution in [1.82, 2.24) is 0 Å². The minimum absolute atomic E-state index is 0.131. The van der Waals surface area contributed by atoms with Crippen molar-refractivity contribution in [2.24, 2.45) is 0 Å². The van der Waals surface area contributed by atoms with E-state index in [4.69, 9.17) is 4.74 Å². The number of methoxy groups -OCH3 is 1. The van der Waals surface area contributed by atoms with Gasteiger partial charge in [-0.15, -0.1) is 11.8 Å². The number of amides is 2. The molecule has 0 aliphatic heterocycles. The maximum Gasteiger partial charge on any atom is 0.339 e. The van der Waals surface area contributed by atoms with E-state index >= 15 is 0 Å². The van der Waals surface area contributed by atoms with Gasteiger partial charge in [-0.2, -0.15) is 0 Å². The molecule has 0 unspecified atom stereocenters. The summed E-state index contributed by atoms with van der Waals surface area (Å²) >= 11 is 1.45. The van der Waals surface area contributed by atoms with Gasteiger partial charge in [-0.3, -0.25) is 9.59 Å². The lowest BCUT2D eigenvalue weighted by Crippen LogP contribution is -2.16. The molecule has 6 nitrogen and oxygen atoms in total. The van der Waals surface area contributed by atoms with Crippen LogP contribution in [0, 0.1) is 0 Å². The molecule has 0 fully saturated rings. The van der Waals surface area contributed by atoms with E-state index in [1.807, 2.05) is 30.3 Å². The van der Waals surface area contributed by atoms with Gasteiger partial charge in [-0.05, 0) is 48.5 Å². The highest BCUT2D eigenvalue weighted by Crippen LogP contribution is 2.19. The van der Waals surface area contributed by atoms with Crippen LogP contribution in [0.15, 0.2) is 83.8 Å². The first-order valence-electron chi connectivity index (χ1n) is 9.13. The number of hydrogen-bond donors (Lipinski definition) is 2. The molecule has 0 heterocycles. The third-order valence-corrected chi connectivity index (χ3v) is 5.14. The molecule has 0 aromatic heterocycles. The van der Waals surface area contributed by atoms with Crippen molar-refractivity contribution in [3.63, 3.8) is 0 Å². The number of para-hydroxylation sites is 1. The molecule has 0 atom stereocenters. The van der Waals surface area contributed by atoms with E-state index in [-0.39, 0.29) is 23.1 Å². The van der Waals surface area contributed by atoms with Crippen molar-refractivity contribution < 1.29 is 19.1 Å². The van der Waals surface area contributed by atoms with E-state index in [1.54, 1.807) is 48.5 Å². The van der Waals surface area contributed by atoms with Gasteiger partial charge in [-0.25, -0.2) is 4.79 Å². The molecule has 0 aliphatic carbocycles. The third kappa shape index (κ3) is 5.71. The molecular weight excluding hydrogens is 400 g/mol. The van der Waals surface area contributed by atoms with Crippen molar-refractivity contribution in [3.8, 4) is 0 Å². The van der Waals surface area contributed by atoms with Crippen LogP contribution < -0.4 is 10.6 Å². The molecule has 2 amide bonds. The van der Waals surface area contributed by atoms with Crippen molar-refractivity contribution >= 4 is 40.9 Å². The Morgan fingerprint density at radius 3 is 2.20 bits per heavy atom. The smallest absolute Gasteiger partial charge is 0.339 e. The Bertz CT molecular complexity index is 1040. The van der Waals surface area contributed by atoms with Crippen molar-refractivity contribution in [3.05, 3.63) is 90.0 Å². The molecule has 0 aliphatic rings. The normalized spacial score (nSPS) is 10.2. The van der Waals surface area contributed by atoms with E-state index in [9.17, 15) is 14.4 Å². The van der Waals surface area contributed by atoms with Gasteiger partial charge >= 0.3 is 5.97 Å². The molecule has 3 aromatic carbocycles. The topological polar surface area (TPSA) is 84.5 Å². The number of esters is 1. The van der Waals surface area contributed by atoms with E-state index in [1.165, 1.54) is 18.9 Å². The first kappa shape index (κ1) is 21.1. The molecule has 0 saturated heterocycles. The number of carbonyl (C=O) groups excluding carboxylic acids is 3. The number of nitrogens with one attached hydrogen (secondary N) is 2. The standard InChI is InChI=1S/C23H20N2O4S/c1-29-23(28)19-9-5-6-10-20(19)25-22(27)16-11-13-17(14-12-16)24-21(26)15-30-18-7-3-2-4-8-18/h2-14H,15H2,1H3,(H,24,26)(H,25,27). The first-order chi connectivity index (χ1) is 14.6. The van der Waals surface area contributed by atoms with Crippen LogP contribution in [-0.2, 0) is 9.53 Å². The average Bonchev–Trinajstić information content (AvgIpc) is 2.78. The second-order valence-corrected chi connectivity index (χ2v) is 7.27. The number of benzene rings is 3. The molecule has 2 N–H and O–H groups in total. The largest absolute Gasteiger partial charge is 0.465 e. The van der Waals surface area contributed by atoms with Crippen LogP contribution in [0.25, 0.3) is 0 Å². The van der Waals surface area contributed by atoms with Gasteiger partial charge < -0.3 is 15.4 Å². The lowest BCUT2D eigenvalue weighted by atomic mass is 10.1. The molecule has 3 aromatic rings. The van der Waals surface area contributed by atoms with Crippen LogP contribution in [0.3, 0.4) is 0 Å². The fourth-order valence-electron chi connectivity index (χ4n) is 2.64. The monoisotopic (exact) mass is 420 g/mol. The second-order valence-electron chi connectivity index (χ2n) is 6.22. The van der Waals surface area contributed by atoms with Gasteiger partial charge in [0.1, 0.15) is 0 Å². The molecule has 0 bridgehead atoms. The highest BCUT2D eigenvalue weighted by atomic mass is 32.2. The van der Waals surface area contributed by atoms with Gasteiger partial charge in [0.25, 0.3) is 5.91 Å². The van der Waals surface area contributed by atoms with Crippen LogP contribution in [0.1, 0.15) is 20.7 Å². The summed E-state index contributed by atoms with van der Waals surface area (Å²) in [5.74, 6) is -0.745. The maximum absolute atomic E-state index is 12.5. The van der Waals surface area contributed by atoms with E-state index in [0.29, 0.717) is 16.9 Å². The number of thioether (sulfide) groups is 1. The minimum Gasteiger partial charge on any atom is -0.465 e. The number of rotatable bonds is 7. The van der Waals surface area contributed by atoms with Gasteiger partial charge in [0.05, 0.1) is 24.1 Å². The van der Waals surface area contributed by atoms with Gasteiger partial charge in [-0.1, -0.05) is 30.3 Å². The van der Waals surface area contributed by atoms with E-state index < -0.39 is 5.97 Å². The summed E-state index contributed by atoms with van der Waals surface area (Å²) in [7, 11) is 1.28. The minimum atomic E-state index is -0.530. The number of hydrogen-bond acceptors (Lipinski definition) is 5. The van der Waals surface area contributed by atoms with Crippen molar-refractivity contribution in [1.29, 1.82) is 0 Å². The molecule has 30 heavy (non-hydrogen) atoms. The Morgan fingerprint density at radius 2 is 1.50 bits per heavy atom. The van der Waals surface area contributed by atoms with Crippen LogP contribution in [-0.4, -0.2) is 30.6 Å². The quantitative estimate of drug-likeness (QED) is 0.436. The van der Waals surface area contributed by atoms with E-state index in [0.717, 1.165) is 4.90 Å². The van der Waals surface area contributed by atoms with Gasteiger partial charge in [0.2, 0.25) is 5.91 Å². The van der Waals surface area contributed by atoms with Crippen LogP contribution in [0.5, 0.6) is 0 Å². The molecule has 7 heteroatoms. The molecular formula is C23H20N2O4S. The summed E-state index contributed by atoms with van der Waals surface area (Å²) < 4.78 is 4.73. The number of anilines is 2. The highest BCUT2D eigenvalue weighted by molar-refractivity contribution is 8.00. The number of ether oxygens (including phenoxy) is 1. The Morgan fingerprint density at radius 1 is 0.833 bits per heavy atom. The predicted octanol–water partition coefficient (Wildman–Crippen LogP) is 4.46. The molecule has 0 radical (unpaired) electrons. The van der Waals surface area contributed by atoms with Crippen LogP contribution in [0.2, 0.25) is 0 Å². The second kappa shape index (κ2) is 10.3. The highest BCUT2D eigenvalue weighted by Gasteiger charge is 2.14. The van der Waals surface area contributed by atoms with Crippen molar-refractivity contribution in [2.75, 3.05) is 23.5 Å². The first-order valence-corrected chi connectivity index (χ1v) is 10.1. The summed E-state index contributed by atoms with van der Waals surface area (Å²) in [5.41, 5.74) is 1.63. The summed E-state index contributed by atoms with van der Waals surface area (Å²) in [6.45, 7) is 0. The molecule has 0 spiro atoms. The Hall–Kier alpha value is -3.58. The summed E-state index contributed by atoms with van der Waals surface area (Å²) in [6.07, 6.45) is 0. The molecule has 3 rings (SSSR count). The molecule has 152 valence electrons. The van der Waals surface area contributed by atoms with Crippen molar-refractivity contribution in [2.45, 2.75) is 4.90 Å². The van der Waals surface area contributed by atoms with Gasteiger partial charge in [0.15, 0.2) is 0 Å². The maximum atomic E-state index is 12.5. The third-order valence-electron chi connectivity index (χ3n) is 4.12. The van der Waals surface area contributed by atoms with Crippen LogP contribution in [0.4, 0.5) is 11.4 Å². The Labute approximate surface area is 178 Å². The lowest BCUT2D eigenvalue weighted by molar-refractivity contribution is -0.113. The van der Waals surface area contributed by atoms with Gasteiger partial charge in [0, 0.05) is 16.1 Å². The predicted molar refractivity (Wildman–Crippen MR) is 118 cm³/mol. The zero-order chi connectivity index (χ0) is 21.3. The summed E-state index contributed by atoms with van der Waals surface area (Å²) in [4.78, 5) is 37.5. The van der Waals surface area contributed by atoms with Crippen LogP contribution >= 0.6 is 11.8 Å². The molecule has 0 saturated carbocycles.